The van der Waals surface area contributed by atoms with Gasteiger partial charge < -0.3 is 10.3 Å². The molecule has 0 radical (unpaired) electrons. The summed E-state index contributed by atoms with van der Waals surface area (Å²) >= 11 is 0. The first kappa shape index (κ1) is 11.4. The number of nitrogens with two attached hydrogens (primary N) is 1. The molecular weight excluding hydrogens is 223 g/mol. The molecule has 4 nitrogen and oxygen atoms in total. The highest BCUT2D eigenvalue weighted by atomic mass is 19.4. The monoisotopic (exact) mass is 235 g/mol. The molecule has 0 aromatic carbocycles. The topological polar surface area (TPSA) is 64.9 Å². The molecule has 90 valence electrons. The summed E-state index contributed by atoms with van der Waals surface area (Å²) in [5.41, 5.74) is 5.29. The van der Waals surface area contributed by atoms with Crippen LogP contribution in [0.1, 0.15) is 37.4 Å². The summed E-state index contributed by atoms with van der Waals surface area (Å²) in [6.07, 6.45) is -2.93. The van der Waals surface area contributed by atoms with Crippen LogP contribution in [0.3, 0.4) is 0 Å². The van der Waals surface area contributed by atoms with E-state index >= 15 is 0 Å². The van der Waals surface area contributed by atoms with Crippen LogP contribution in [0.25, 0.3) is 0 Å². The van der Waals surface area contributed by atoms with Gasteiger partial charge in [-0.25, -0.2) is 0 Å². The quantitative estimate of drug-likeness (QED) is 0.869. The third-order valence-corrected chi connectivity index (χ3v) is 2.77. The van der Waals surface area contributed by atoms with Crippen LogP contribution in [0.15, 0.2) is 4.52 Å². The molecule has 2 rings (SSSR count). The van der Waals surface area contributed by atoms with Crippen LogP contribution < -0.4 is 5.73 Å². The van der Waals surface area contributed by atoms with E-state index in [0.717, 1.165) is 19.3 Å². The number of nitrogens with zero attached hydrogens (tertiary/aromatic N) is 2. The van der Waals surface area contributed by atoms with Crippen LogP contribution in [0.2, 0.25) is 0 Å². The van der Waals surface area contributed by atoms with Crippen LogP contribution in [-0.4, -0.2) is 16.3 Å². The summed E-state index contributed by atoms with van der Waals surface area (Å²) in [7, 11) is 0. The maximum Gasteiger partial charge on any atom is 0.389 e. The zero-order chi connectivity index (χ0) is 11.8. The molecule has 1 heterocycles. The molecule has 1 aliphatic rings. The van der Waals surface area contributed by atoms with E-state index in [-0.39, 0.29) is 18.1 Å². The number of aryl methyl sites for hydroxylation is 1. The summed E-state index contributed by atoms with van der Waals surface area (Å²) in [6.45, 7) is 0. The van der Waals surface area contributed by atoms with Crippen molar-refractivity contribution in [2.24, 2.45) is 5.73 Å². The molecule has 0 atom stereocenters. The van der Waals surface area contributed by atoms with E-state index in [9.17, 15) is 13.2 Å². The summed E-state index contributed by atoms with van der Waals surface area (Å²) < 4.78 is 40.7. The Balaban J connectivity index is 1.97. The van der Waals surface area contributed by atoms with Gasteiger partial charge >= 0.3 is 6.18 Å². The summed E-state index contributed by atoms with van der Waals surface area (Å²) in [5, 5.41) is 3.50. The molecule has 1 fully saturated rings. The minimum absolute atomic E-state index is 0.0732. The Bertz CT molecular complexity index is 370. The molecule has 1 aromatic heterocycles. The lowest BCUT2D eigenvalue weighted by Crippen LogP contribution is -2.43. The van der Waals surface area contributed by atoms with Crippen molar-refractivity contribution in [3.63, 3.8) is 0 Å². The molecule has 2 N–H and O–H groups in total. The molecular formula is C9H12F3N3O. The lowest BCUT2D eigenvalue weighted by molar-refractivity contribution is -0.134. The van der Waals surface area contributed by atoms with Crippen molar-refractivity contribution in [3.8, 4) is 0 Å². The summed E-state index contributed by atoms with van der Waals surface area (Å²) in [4.78, 5) is 3.90. The maximum atomic E-state index is 11.9. The molecule has 0 saturated heterocycles. The smallest absolute Gasteiger partial charge is 0.337 e. The lowest BCUT2D eigenvalue weighted by atomic mass is 9.78. The van der Waals surface area contributed by atoms with Crippen molar-refractivity contribution in [1.29, 1.82) is 0 Å². The van der Waals surface area contributed by atoms with Gasteiger partial charge in [0.1, 0.15) is 0 Å². The van der Waals surface area contributed by atoms with Gasteiger partial charge in [0.15, 0.2) is 5.82 Å². The fourth-order valence-electron chi connectivity index (χ4n) is 1.58. The molecule has 7 heteroatoms. The average molecular weight is 235 g/mol. The van der Waals surface area contributed by atoms with Gasteiger partial charge in [0, 0.05) is 6.42 Å². The molecule has 0 bridgehead atoms. The van der Waals surface area contributed by atoms with Gasteiger partial charge in [0.25, 0.3) is 0 Å². The van der Waals surface area contributed by atoms with Crippen molar-refractivity contribution in [1.82, 2.24) is 10.1 Å². The molecule has 0 aliphatic heterocycles. The average Bonchev–Trinajstić information content (AvgIpc) is 2.58. The Morgan fingerprint density at radius 1 is 1.38 bits per heavy atom. The minimum atomic E-state index is -4.20. The number of hydrogen-bond donors (Lipinski definition) is 1. The second kappa shape index (κ2) is 3.73. The van der Waals surface area contributed by atoms with Crippen molar-refractivity contribution in [2.45, 2.75) is 43.8 Å². The molecule has 1 aliphatic carbocycles. The van der Waals surface area contributed by atoms with Gasteiger partial charge in [-0.2, -0.15) is 18.2 Å². The Labute approximate surface area is 90.0 Å². The number of alkyl halides is 3. The first-order chi connectivity index (χ1) is 7.39. The number of halogens is 3. The lowest BCUT2D eigenvalue weighted by Gasteiger charge is -2.33. The highest BCUT2D eigenvalue weighted by Crippen LogP contribution is 2.37. The van der Waals surface area contributed by atoms with Gasteiger partial charge in [-0.05, 0) is 19.3 Å². The largest absolute Gasteiger partial charge is 0.389 e. The minimum Gasteiger partial charge on any atom is -0.337 e. The highest BCUT2D eigenvalue weighted by Gasteiger charge is 2.40. The fourth-order valence-corrected chi connectivity index (χ4v) is 1.58. The van der Waals surface area contributed by atoms with Gasteiger partial charge in [-0.3, -0.25) is 0 Å². The van der Waals surface area contributed by atoms with Crippen LogP contribution in [-0.2, 0) is 12.0 Å². The second-order valence-corrected chi connectivity index (χ2v) is 4.14. The number of rotatable bonds is 3. The fraction of sp³-hybridized carbons (Fsp3) is 0.778. The Morgan fingerprint density at radius 2 is 2.06 bits per heavy atom. The molecule has 0 unspecified atom stereocenters. The standard InChI is InChI=1S/C9H12F3N3O/c10-9(11,12)5-2-6-14-7(16-15-6)8(13)3-1-4-8/h1-5,13H2. The maximum absolute atomic E-state index is 11.9. The van der Waals surface area contributed by atoms with E-state index in [1.807, 2.05) is 0 Å². The van der Waals surface area contributed by atoms with Gasteiger partial charge in [-0.15, -0.1) is 0 Å². The van der Waals surface area contributed by atoms with Gasteiger partial charge in [-0.1, -0.05) is 5.16 Å². The highest BCUT2D eigenvalue weighted by molar-refractivity contribution is 5.07. The summed E-state index contributed by atoms with van der Waals surface area (Å²) in [6, 6.07) is 0. The van der Waals surface area contributed by atoms with Gasteiger partial charge in [0.2, 0.25) is 5.89 Å². The third kappa shape index (κ3) is 2.34. The second-order valence-electron chi connectivity index (χ2n) is 4.14. The van der Waals surface area contributed by atoms with E-state index in [2.05, 4.69) is 10.1 Å². The first-order valence-electron chi connectivity index (χ1n) is 5.08. The molecule has 0 spiro atoms. The van der Waals surface area contributed by atoms with Gasteiger partial charge in [0.05, 0.1) is 12.0 Å². The molecule has 1 aromatic rings. The van der Waals surface area contributed by atoms with E-state index in [1.165, 1.54) is 0 Å². The Morgan fingerprint density at radius 3 is 2.56 bits per heavy atom. The molecule has 16 heavy (non-hydrogen) atoms. The zero-order valence-electron chi connectivity index (χ0n) is 8.55. The van der Waals surface area contributed by atoms with Crippen LogP contribution in [0, 0.1) is 0 Å². The third-order valence-electron chi connectivity index (χ3n) is 2.77. The molecule has 1 saturated carbocycles. The van der Waals surface area contributed by atoms with Crippen molar-refractivity contribution >= 4 is 0 Å². The predicted octanol–water partition coefficient (Wildman–Crippen LogP) is 1.90. The van der Waals surface area contributed by atoms with E-state index in [0.29, 0.717) is 0 Å². The SMILES string of the molecule is NC1(c2nc(CCC(F)(F)F)no2)CCC1. The predicted molar refractivity (Wildman–Crippen MR) is 48.4 cm³/mol. The van der Waals surface area contributed by atoms with E-state index < -0.39 is 18.1 Å². The Kier molecular flexibility index (Phi) is 2.65. The van der Waals surface area contributed by atoms with E-state index in [1.54, 1.807) is 0 Å². The van der Waals surface area contributed by atoms with Crippen LogP contribution in [0.4, 0.5) is 13.2 Å². The number of aromatic nitrogens is 2. The van der Waals surface area contributed by atoms with Crippen LogP contribution in [0.5, 0.6) is 0 Å². The van der Waals surface area contributed by atoms with Crippen molar-refractivity contribution in [3.05, 3.63) is 11.7 Å². The summed E-state index contributed by atoms with van der Waals surface area (Å²) in [5.74, 6) is 0.333. The Hall–Kier alpha value is -1.11. The zero-order valence-corrected chi connectivity index (χ0v) is 8.55. The van der Waals surface area contributed by atoms with Crippen LogP contribution >= 0.6 is 0 Å². The normalized spacial score (nSPS) is 19.5. The van der Waals surface area contributed by atoms with Crippen molar-refractivity contribution in [2.75, 3.05) is 0 Å². The van der Waals surface area contributed by atoms with Crippen molar-refractivity contribution < 1.29 is 17.7 Å². The molecule has 0 amide bonds. The number of hydrogen-bond acceptors (Lipinski definition) is 4. The van der Waals surface area contributed by atoms with E-state index in [4.69, 9.17) is 10.3 Å². The first-order valence-corrected chi connectivity index (χ1v) is 5.08.